The fourth-order valence-electron chi connectivity index (χ4n) is 3.13. The topological polar surface area (TPSA) is 95.6 Å². The molecule has 0 atom stereocenters. The molecule has 28 heavy (non-hydrogen) atoms. The molecule has 0 saturated heterocycles. The van der Waals surface area contributed by atoms with E-state index < -0.39 is 0 Å². The Morgan fingerprint density at radius 2 is 1.82 bits per heavy atom. The van der Waals surface area contributed by atoms with Gasteiger partial charge in [-0.2, -0.15) is 0 Å². The minimum absolute atomic E-state index is 0.187. The fraction of sp³-hybridized carbons (Fsp3) is 0.143. The minimum Gasteiger partial charge on any atom is -0.358 e. The summed E-state index contributed by atoms with van der Waals surface area (Å²) in [5.74, 6) is 0.241. The highest BCUT2D eigenvalue weighted by Gasteiger charge is 2.10. The number of aromatic nitrogens is 4. The number of aromatic amines is 1. The van der Waals surface area contributed by atoms with E-state index >= 15 is 0 Å². The summed E-state index contributed by atoms with van der Waals surface area (Å²) in [7, 11) is 0. The molecule has 3 heterocycles. The molecule has 0 aliphatic heterocycles. The number of amides is 1. The van der Waals surface area contributed by atoms with Crippen LogP contribution in [0.4, 0.5) is 11.6 Å². The number of H-pyrrole nitrogens is 1. The van der Waals surface area contributed by atoms with E-state index in [1.165, 1.54) is 23.3 Å². The van der Waals surface area contributed by atoms with Crippen LogP contribution < -0.4 is 10.6 Å². The summed E-state index contributed by atoms with van der Waals surface area (Å²) in [6.07, 6.45) is 7.15. The van der Waals surface area contributed by atoms with Gasteiger partial charge in [0.15, 0.2) is 0 Å². The van der Waals surface area contributed by atoms with Crippen LogP contribution in [0, 0.1) is 6.92 Å². The van der Waals surface area contributed by atoms with Crippen LogP contribution in [-0.2, 0) is 6.42 Å². The molecule has 1 amide bonds. The Morgan fingerprint density at radius 1 is 1.07 bits per heavy atom. The van der Waals surface area contributed by atoms with E-state index in [9.17, 15) is 4.79 Å². The molecule has 0 bridgehead atoms. The number of benzene rings is 1. The molecule has 0 fully saturated rings. The molecule has 7 nitrogen and oxygen atoms in total. The lowest BCUT2D eigenvalue weighted by Gasteiger charge is -2.07. The lowest BCUT2D eigenvalue weighted by Crippen LogP contribution is -2.26. The number of nitrogens with zero attached hydrogens (tertiary/aromatic N) is 3. The third kappa shape index (κ3) is 3.83. The summed E-state index contributed by atoms with van der Waals surface area (Å²) < 4.78 is 0. The second kappa shape index (κ2) is 7.87. The minimum atomic E-state index is -0.187. The molecule has 0 unspecified atom stereocenters. The summed E-state index contributed by atoms with van der Waals surface area (Å²) in [6.45, 7) is 2.60. The highest BCUT2D eigenvalue weighted by atomic mass is 16.1. The monoisotopic (exact) mass is 372 g/mol. The van der Waals surface area contributed by atoms with Crippen molar-refractivity contribution in [1.29, 1.82) is 0 Å². The molecule has 1 aromatic carbocycles. The number of hydrogen-bond donors (Lipinski definition) is 3. The van der Waals surface area contributed by atoms with E-state index in [2.05, 4.69) is 49.6 Å². The van der Waals surface area contributed by atoms with Crippen molar-refractivity contribution < 1.29 is 4.79 Å². The van der Waals surface area contributed by atoms with Crippen LogP contribution in [0.15, 0.2) is 61.2 Å². The molecule has 0 spiro atoms. The van der Waals surface area contributed by atoms with Crippen LogP contribution >= 0.6 is 0 Å². The van der Waals surface area contributed by atoms with Crippen molar-refractivity contribution in [3.8, 4) is 0 Å². The number of hydrogen-bond acceptors (Lipinski definition) is 5. The van der Waals surface area contributed by atoms with E-state index in [0.717, 1.165) is 23.3 Å². The molecule has 0 radical (unpaired) electrons. The van der Waals surface area contributed by atoms with Gasteiger partial charge in [-0.1, -0.05) is 18.2 Å². The number of anilines is 2. The maximum absolute atomic E-state index is 12.4. The molecule has 3 aromatic heterocycles. The van der Waals surface area contributed by atoms with Gasteiger partial charge >= 0.3 is 0 Å². The van der Waals surface area contributed by atoms with Gasteiger partial charge in [0.05, 0.1) is 5.56 Å². The van der Waals surface area contributed by atoms with Crippen LogP contribution in [0.3, 0.4) is 0 Å². The lowest BCUT2D eigenvalue weighted by atomic mass is 10.1. The van der Waals surface area contributed by atoms with Gasteiger partial charge in [-0.15, -0.1) is 0 Å². The Balaban J connectivity index is 1.35. The highest BCUT2D eigenvalue weighted by Crippen LogP contribution is 2.22. The number of rotatable bonds is 6. The van der Waals surface area contributed by atoms with Gasteiger partial charge < -0.3 is 15.6 Å². The van der Waals surface area contributed by atoms with Crippen molar-refractivity contribution in [2.75, 3.05) is 11.9 Å². The molecular weight excluding hydrogens is 352 g/mol. The summed E-state index contributed by atoms with van der Waals surface area (Å²) in [5.41, 5.74) is 4.73. The normalized spacial score (nSPS) is 10.8. The fourth-order valence-corrected chi connectivity index (χ4v) is 3.13. The van der Waals surface area contributed by atoms with Crippen molar-refractivity contribution in [2.24, 2.45) is 0 Å². The number of pyridine rings is 1. The second-order valence-corrected chi connectivity index (χ2v) is 6.44. The zero-order valence-corrected chi connectivity index (χ0v) is 15.4. The van der Waals surface area contributed by atoms with Crippen molar-refractivity contribution in [1.82, 2.24) is 25.3 Å². The van der Waals surface area contributed by atoms with Crippen molar-refractivity contribution in [3.05, 3.63) is 78.0 Å². The molecule has 0 aliphatic carbocycles. The number of para-hydroxylation sites is 1. The van der Waals surface area contributed by atoms with Crippen LogP contribution in [0.2, 0.25) is 0 Å². The van der Waals surface area contributed by atoms with Gasteiger partial charge in [-0.05, 0) is 37.1 Å². The van der Waals surface area contributed by atoms with Crippen molar-refractivity contribution in [2.45, 2.75) is 13.3 Å². The first-order chi connectivity index (χ1) is 13.7. The highest BCUT2D eigenvalue weighted by molar-refractivity contribution is 5.93. The summed E-state index contributed by atoms with van der Waals surface area (Å²) >= 11 is 0. The molecule has 4 aromatic rings. The number of carbonyl (C=O) groups excluding carboxylic acids is 1. The number of carbonyl (C=O) groups is 1. The Morgan fingerprint density at radius 3 is 2.61 bits per heavy atom. The van der Waals surface area contributed by atoms with Gasteiger partial charge in [-0.25, -0.2) is 9.97 Å². The quantitative estimate of drug-likeness (QED) is 0.482. The van der Waals surface area contributed by atoms with E-state index in [4.69, 9.17) is 0 Å². The molecule has 0 saturated carbocycles. The largest absolute Gasteiger partial charge is 0.358 e. The standard InChI is InChI=1S/C21H20N6O/c1-14-17(18-4-2-3-5-19(18)26-14)8-11-23-20(28)15-12-24-21(25-13-15)27-16-6-9-22-10-7-16/h2-7,9-10,12-13,26H,8,11H2,1H3,(H,23,28)(H,22,24,25,27). The SMILES string of the molecule is Cc1[nH]c2ccccc2c1CCNC(=O)c1cnc(Nc2ccncc2)nc1. The molecular formula is C21H20N6O. The third-order valence-electron chi connectivity index (χ3n) is 4.54. The van der Waals surface area contributed by atoms with Crippen molar-refractivity contribution >= 4 is 28.4 Å². The maximum atomic E-state index is 12.4. The predicted octanol–water partition coefficient (Wildman–Crippen LogP) is 3.38. The molecule has 4 rings (SSSR count). The van der Waals surface area contributed by atoms with Crippen LogP contribution in [-0.4, -0.2) is 32.4 Å². The van der Waals surface area contributed by atoms with E-state index in [1.54, 1.807) is 12.4 Å². The first-order valence-electron chi connectivity index (χ1n) is 9.04. The number of fused-ring (bicyclic) bond motifs is 1. The first-order valence-corrected chi connectivity index (χ1v) is 9.04. The number of aryl methyl sites for hydroxylation is 1. The van der Waals surface area contributed by atoms with Gasteiger partial charge in [0.25, 0.3) is 5.91 Å². The summed E-state index contributed by atoms with van der Waals surface area (Å²) in [5, 5.41) is 7.19. The van der Waals surface area contributed by atoms with Crippen LogP contribution in [0.1, 0.15) is 21.6 Å². The first kappa shape index (κ1) is 17.7. The van der Waals surface area contributed by atoms with Gasteiger partial charge in [0.2, 0.25) is 5.95 Å². The average Bonchev–Trinajstić information content (AvgIpc) is 3.04. The maximum Gasteiger partial charge on any atom is 0.254 e. The zero-order chi connectivity index (χ0) is 19.3. The number of nitrogens with one attached hydrogen (secondary N) is 3. The molecule has 7 heteroatoms. The summed E-state index contributed by atoms with van der Waals surface area (Å²) in [6, 6.07) is 11.8. The average molecular weight is 372 g/mol. The van der Waals surface area contributed by atoms with E-state index in [0.29, 0.717) is 18.1 Å². The third-order valence-corrected chi connectivity index (χ3v) is 4.54. The van der Waals surface area contributed by atoms with E-state index in [1.807, 2.05) is 24.3 Å². The van der Waals surface area contributed by atoms with Crippen molar-refractivity contribution in [3.63, 3.8) is 0 Å². The Hall–Kier alpha value is -3.74. The van der Waals surface area contributed by atoms with Crippen LogP contribution in [0.25, 0.3) is 10.9 Å². The molecule has 0 aliphatic rings. The van der Waals surface area contributed by atoms with Crippen LogP contribution in [0.5, 0.6) is 0 Å². The predicted molar refractivity (Wildman–Crippen MR) is 109 cm³/mol. The Kier molecular flexibility index (Phi) is 4.97. The van der Waals surface area contributed by atoms with E-state index in [-0.39, 0.29) is 5.91 Å². The second-order valence-electron chi connectivity index (χ2n) is 6.44. The summed E-state index contributed by atoms with van der Waals surface area (Å²) in [4.78, 5) is 28.1. The zero-order valence-electron chi connectivity index (χ0n) is 15.4. The molecule has 3 N–H and O–H groups in total. The Labute approximate surface area is 162 Å². The smallest absolute Gasteiger partial charge is 0.254 e. The van der Waals surface area contributed by atoms with Gasteiger partial charge in [-0.3, -0.25) is 9.78 Å². The van der Waals surface area contributed by atoms with Gasteiger partial charge in [0.1, 0.15) is 0 Å². The lowest BCUT2D eigenvalue weighted by molar-refractivity contribution is 0.0953. The molecule has 140 valence electrons. The van der Waals surface area contributed by atoms with Gasteiger partial charge in [0, 0.05) is 53.6 Å². The Bertz CT molecular complexity index is 1090.